The average molecular weight is 244 g/mol. The van der Waals surface area contributed by atoms with Crippen molar-refractivity contribution < 1.29 is 14.9 Å². The first-order valence-corrected chi connectivity index (χ1v) is 6.52. The number of piperazine rings is 1. The maximum atomic E-state index is 9.53. The molecule has 5 nitrogen and oxygen atoms in total. The predicted molar refractivity (Wildman–Crippen MR) is 64.9 cm³/mol. The zero-order valence-electron chi connectivity index (χ0n) is 10.5. The molecule has 2 aliphatic heterocycles. The first kappa shape index (κ1) is 13.2. The van der Waals surface area contributed by atoms with Crippen LogP contribution >= 0.6 is 0 Å². The van der Waals surface area contributed by atoms with Crippen LogP contribution in [-0.4, -0.2) is 85.7 Å². The molecule has 100 valence electrons. The van der Waals surface area contributed by atoms with Crippen molar-refractivity contribution in [3.05, 3.63) is 0 Å². The summed E-state index contributed by atoms with van der Waals surface area (Å²) in [7, 11) is 0. The topological polar surface area (TPSA) is 56.2 Å². The summed E-state index contributed by atoms with van der Waals surface area (Å²) >= 11 is 0. The van der Waals surface area contributed by atoms with Gasteiger partial charge in [0.15, 0.2) is 0 Å². The molecule has 0 spiro atoms. The van der Waals surface area contributed by atoms with Crippen molar-refractivity contribution in [2.75, 3.05) is 65.7 Å². The van der Waals surface area contributed by atoms with Crippen molar-refractivity contribution >= 4 is 0 Å². The predicted octanol–water partition coefficient (Wildman–Crippen LogP) is -1.00. The molecule has 0 amide bonds. The number of nitrogens with zero attached hydrogens (tertiary/aromatic N) is 2. The first-order valence-electron chi connectivity index (χ1n) is 6.52. The van der Waals surface area contributed by atoms with Crippen molar-refractivity contribution in [1.82, 2.24) is 9.80 Å². The molecule has 0 saturated carbocycles. The Labute approximate surface area is 103 Å². The molecular formula is C12H24N2O3. The molecule has 0 radical (unpaired) electrons. The number of aliphatic hydroxyl groups is 2. The second-order valence-corrected chi connectivity index (χ2v) is 5.30. The van der Waals surface area contributed by atoms with Gasteiger partial charge in [-0.3, -0.25) is 4.90 Å². The molecule has 5 heteroatoms. The van der Waals surface area contributed by atoms with Crippen LogP contribution in [0.5, 0.6) is 0 Å². The molecule has 0 aliphatic carbocycles. The third-order valence-electron chi connectivity index (χ3n) is 3.96. The van der Waals surface area contributed by atoms with Gasteiger partial charge in [0.2, 0.25) is 0 Å². The first-order chi connectivity index (χ1) is 8.28. The van der Waals surface area contributed by atoms with Gasteiger partial charge in [0, 0.05) is 51.3 Å². The second kappa shape index (κ2) is 6.11. The molecular weight excluding hydrogens is 220 g/mol. The Morgan fingerprint density at radius 2 is 1.76 bits per heavy atom. The third kappa shape index (κ3) is 3.39. The lowest BCUT2D eigenvalue weighted by molar-refractivity contribution is 0.0336. The molecule has 17 heavy (non-hydrogen) atoms. The number of hydrogen-bond acceptors (Lipinski definition) is 5. The van der Waals surface area contributed by atoms with Gasteiger partial charge in [-0.15, -0.1) is 0 Å². The fourth-order valence-corrected chi connectivity index (χ4v) is 2.74. The fourth-order valence-electron chi connectivity index (χ4n) is 2.74. The van der Waals surface area contributed by atoms with Crippen LogP contribution in [-0.2, 0) is 4.74 Å². The Morgan fingerprint density at radius 1 is 1.06 bits per heavy atom. The van der Waals surface area contributed by atoms with E-state index in [1.807, 2.05) is 0 Å². The summed E-state index contributed by atoms with van der Waals surface area (Å²) in [5.74, 6) is 0. The van der Waals surface area contributed by atoms with E-state index < -0.39 is 0 Å². The lowest BCUT2D eigenvalue weighted by Crippen LogP contribution is -2.51. The highest BCUT2D eigenvalue weighted by Crippen LogP contribution is 2.29. The van der Waals surface area contributed by atoms with E-state index in [9.17, 15) is 5.11 Å². The van der Waals surface area contributed by atoms with Crippen LogP contribution in [0.4, 0.5) is 0 Å². The quantitative estimate of drug-likeness (QED) is 0.649. The Bertz CT molecular complexity index is 224. The van der Waals surface area contributed by atoms with Gasteiger partial charge in [0.25, 0.3) is 0 Å². The molecule has 2 fully saturated rings. The van der Waals surface area contributed by atoms with Crippen molar-refractivity contribution in [3.63, 3.8) is 0 Å². The highest BCUT2D eigenvalue weighted by Gasteiger charge is 2.36. The van der Waals surface area contributed by atoms with E-state index >= 15 is 0 Å². The fraction of sp³-hybridized carbons (Fsp3) is 1.00. The van der Waals surface area contributed by atoms with Crippen LogP contribution in [0.3, 0.4) is 0 Å². The molecule has 2 N–H and O–H groups in total. The van der Waals surface area contributed by atoms with Crippen LogP contribution in [0.25, 0.3) is 0 Å². The van der Waals surface area contributed by atoms with E-state index in [1.165, 1.54) is 0 Å². The molecule has 2 heterocycles. The molecule has 0 bridgehead atoms. The molecule has 0 aromatic heterocycles. The lowest BCUT2D eigenvalue weighted by Gasteiger charge is -2.38. The molecule has 0 aromatic carbocycles. The highest BCUT2D eigenvalue weighted by atomic mass is 16.5. The molecule has 1 unspecified atom stereocenters. The average Bonchev–Trinajstić information content (AvgIpc) is 2.81. The zero-order chi connectivity index (χ0) is 12.1. The largest absolute Gasteiger partial charge is 0.396 e. The lowest BCUT2D eigenvalue weighted by atomic mass is 9.87. The minimum atomic E-state index is -0.0286. The van der Waals surface area contributed by atoms with Crippen molar-refractivity contribution in [3.8, 4) is 0 Å². The van der Waals surface area contributed by atoms with E-state index in [2.05, 4.69) is 9.80 Å². The minimum absolute atomic E-state index is 0.0286. The number of aliphatic hydroxyl groups excluding tert-OH is 2. The smallest absolute Gasteiger partial charge is 0.0558 e. The normalized spacial score (nSPS) is 32.1. The Kier molecular flexibility index (Phi) is 4.76. The summed E-state index contributed by atoms with van der Waals surface area (Å²) in [6.45, 7) is 7.76. The number of hydrogen-bond donors (Lipinski definition) is 2. The van der Waals surface area contributed by atoms with Gasteiger partial charge < -0.3 is 19.8 Å². The number of ether oxygens (including phenoxy) is 1. The Morgan fingerprint density at radius 3 is 2.29 bits per heavy atom. The van der Waals surface area contributed by atoms with Gasteiger partial charge in [-0.25, -0.2) is 0 Å². The van der Waals surface area contributed by atoms with E-state index in [-0.39, 0.29) is 18.6 Å². The SMILES string of the molecule is OCCN1CCN(CC2(CO)CCOC2)CC1. The van der Waals surface area contributed by atoms with Crippen LogP contribution in [0.15, 0.2) is 0 Å². The van der Waals surface area contributed by atoms with Gasteiger partial charge in [-0.05, 0) is 6.42 Å². The summed E-state index contributed by atoms with van der Waals surface area (Å²) < 4.78 is 5.42. The van der Waals surface area contributed by atoms with E-state index in [4.69, 9.17) is 9.84 Å². The van der Waals surface area contributed by atoms with Crippen LogP contribution in [0, 0.1) is 5.41 Å². The van der Waals surface area contributed by atoms with E-state index in [0.29, 0.717) is 6.61 Å². The summed E-state index contributed by atoms with van der Waals surface area (Å²) in [6, 6.07) is 0. The molecule has 2 rings (SSSR count). The van der Waals surface area contributed by atoms with Gasteiger partial charge in [0.05, 0.1) is 19.8 Å². The highest BCUT2D eigenvalue weighted by molar-refractivity contribution is 4.87. The van der Waals surface area contributed by atoms with Gasteiger partial charge in [-0.1, -0.05) is 0 Å². The van der Waals surface area contributed by atoms with Gasteiger partial charge >= 0.3 is 0 Å². The van der Waals surface area contributed by atoms with E-state index in [1.54, 1.807) is 0 Å². The van der Waals surface area contributed by atoms with Gasteiger partial charge in [-0.2, -0.15) is 0 Å². The van der Waals surface area contributed by atoms with Gasteiger partial charge in [0.1, 0.15) is 0 Å². The maximum Gasteiger partial charge on any atom is 0.0558 e. The van der Waals surface area contributed by atoms with Crippen LogP contribution < -0.4 is 0 Å². The Balaban J connectivity index is 1.77. The minimum Gasteiger partial charge on any atom is -0.396 e. The second-order valence-electron chi connectivity index (χ2n) is 5.30. The molecule has 2 aliphatic rings. The summed E-state index contributed by atoms with van der Waals surface area (Å²) in [5.41, 5.74) is -0.0286. The zero-order valence-corrected chi connectivity index (χ0v) is 10.5. The van der Waals surface area contributed by atoms with Crippen molar-refractivity contribution in [1.29, 1.82) is 0 Å². The maximum absolute atomic E-state index is 9.53. The summed E-state index contributed by atoms with van der Waals surface area (Å²) in [4.78, 5) is 4.70. The standard InChI is InChI=1S/C12H24N2O3/c15-7-6-13-2-4-14(5-3-13)9-12(10-16)1-8-17-11-12/h15-16H,1-11H2. The summed E-state index contributed by atoms with van der Waals surface area (Å²) in [5, 5.41) is 18.4. The van der Waals surface area contributed by atoms with Crippen molar-refractivity contribution in [2.45, 2.75) is 6.42 Å². The Hall–Kier alpha value is -0.200. The molecule has 2 saturated heterocycles. The monoisotopic (exact) mass is 244 g/mol. The van der Waals surface area contributed by atoms with Crippen LogP contribution in [0.1, 0.15) is 6.42 Å². The number of β-amino-alcohol motifs (C(OH)–C–C–N with tert-alkyl or cyclic N) is 1. The van der Waals surface area contributed by atoms with E-state index in [0.717, 1.165) is 52.3 Å². The molecule has 1 atom stereocenters. The number of rotatable bonds is 5. The third-order valence-corrected chi connectivity index (χ3v) is 3.96. The van der Waals surface area contributed by atoms with Crippen LogP contribution in [0.2, 0.25) is 0 Å². The summed E-state index contributed by atoms with van der Waals surface area (Å²) in [6.07, 6.45) is 0.973. The van der Waals surface area contributed by atoms with Crippen molar-refractivity contribution in [2.24, 2.45) is 5.41 Å². The molecule has 0 aromatic rings.